The summed E-state index contributed by atoms with van der Waals surface area (Å²) in [5.74, 6) is -0.215. The molecule has 0 fully saturated rings. The number of aromatic amines is 1. The number of nitrogens with two attached hydrogens (primary N) is 1. The van der Waals surface area contributed by atoms with E-state index in [-0.39, 0.29) is 23.9 Å². The topological polar surface area (TPSA) is 118 Å². The van der Waals surface area contributed by atoms with Crippen LogP contribution in [0.3, 0.4) is 0 Å². The van der Waals surface area contributed by atoms with Gasteiger partial charge in [-0.25, -0.2) is 8.42 Å². The molecule has 8 heteroatoms. The van der Waals surface area contributed by atoms with Crippen LogP contribution in [0.15, 0.2) is 78.3 Å². The third-order valence-electron chi connectivity index (χ3n) is 5.14. The van der Waals surface area contributed by atoms with Crippen molar-refractivity contribution in [2.24, 2.45) is 5.73 Å². The summed E-state index contributed by atoms with van der Waals surface area (Å²) < 4.78 is 27.2. The standard InChI is InChI=1S/C23H22N4O3S/c1-2-21(18-9-5-7-15-6-3-4-8-17(15)18)31(29,30)23-19-11-10-16(14-20(19)26-27-23)25-22(28)12-13-24/h2-11,14,21H,1,12-13,24H2,(H,25,28)(H,26,27). The fraction of sp³-hybridized carbons (Fsp3) is 0.130. The van der Waals surface area contributed by atoms with Crippen molar-refractivity contribution in [2.45, 2.75) is 16.7 Å². The van der Waals surface area contributed by atoms with Crippen molar-refractivity contribution in [1.29, 1.82) is 0 Å². The number of carbonyl (C=O) groups is 1. The van der Waals surface area contributed by atoms with Gasteiger partial charge in [-0.3, -0.25) is 9.89 Å². The molecule has 0 saturated carbocycles. The lowest BCUT2D eigenvalue weighted by Crippen LogP contribution is -2.16. The van der Waals surface area contributed by atoms with Gasteiger partial charge in [0, 0.05) is 24.0 Å². The molecule has 4 N–H and O–H groups in total. The van der Waals surface area contributed by atoms with E-state index in [0.29, 0.717) is 22.2 Å². The maximum atomic E-state index is 13.6. The monoisotopic (exact) mass is 434 g/mol. The van der Waals surface area contributed by atoms with E-state index in [2.05, 4.69) is 22.1 Å². The van der Waals surface area contributed by atoms with E-state index in [9.17, 15) is 13.2 Å². The van der Waals surface area contributed by atoms with Crippen LogP contribution in [-0.4, -0.2) is 31.1 Å². The van der Waals surface area contributed by atoms with Crippen LogP contribution >= 0.6 is 0 Å². The van der Waals surface area contributed by atoms with Gasteiger partial charge in [0.15, 0.2) is 5.03 Å². The number of rotatable bonds is 7. The predicted octanol–water partition coefficient (Wildman–Crippen LogP) is 3.70. The van der Waals surface area contributed by atoms with E-state index in [4.69, 9.17) is 5.73 Å². The smallest absolute Gasteiger partial charge is 0.225 e. The SMILES string of the molecule is C=CC(c1cccc2ccccc12)S(=O)(=O)c1[nH]nc2cc(NC(=O)CCN)ccc12. The molecule has 1 aromatic heterocycles. The van der Waals surface area contributed by atoms with Crippen molar-refractivity contribution < 1.29 is 13.2 Å². The zero-order valence-electron chi connectivity index (χ0n) is 16.7. The van der Waals surface area contributed by atoms with Crippen molar-refractivity contribution in [1.82, 2.24) is 10.2 Å². The fourth-order valence-electron chi connectivity index (χ4n) is 3.68. The number of hydrogen-bond donors (Lipinski definition) is 3. The number of nitrogens with one attached hydrogen (secondary N) is 2. The Morgan fingerprint density at radius 3 is 2.68 bits per heavy atom. The summed E-state index contributed by atoms with van der Waals surface area (Å²) >= 11 is 0. The Morgan fingerprint density at radius 1 is 1.13 bits per heavy atom. The molecule has 1 atom stereocenters. The Hall–Kier alpha value is -3.49. The van der Waals surface area contributed by atoms with E-state index < -0.39 is 15.1 Å². The molecule has 0 aliphatic carbocycles. The van der Waals surface area contributed by atoms with Gasteiger partial charge >= 0.3 is 0 Å². The maximum absolute atomic E-state index is 13.6. The van der Waals surface area contributed by atoms with Crippen LogP contribution in [0.1, 0.15) is 17.2 Å². The third kappa shape index (κ3) is 3.83. The Bertz CT molecular complexity index is 1390. The van der Waals surface area contributed by atoms with Crippen LogP contribution in [0.5, 0.6) is 0 Å². The van der Waals surface area contributed by atoms with E-state index in [1.165, 1.54) is 6.08 Å². The van der Waals surface area contributed by atoms with E-state index in [1.54, 1.807) is 24.3 Å². The summed E-state index contributed by atoms with van der Waals surface area (Å²) in [4.78, 5) is 11.8. The number of nitrogens with zero attached hydrogens (tertiary/aromatic N) is 1. The lowest BCUT2D eigenvalue weighted by Gasteiger charge is -2.16. The van der Waals surface area contributed by atoms with Gasteiger partial charge in [0.05, 0.1) is 5.52 Å². The molecule has 3 aromatic carbocycles. The number of anilines is 1. The fourth-order valence-corrected chi connectivity index (χ4v) is 5.38. The molecule has 1 heterocycles. The molecule has 158 valence electrons. The number of aromatic nitrogens is 2. The van der Waals surface area contributed by atoms with Crippen molar-refractivity contribution in [3.05, 3.63) is 78.9 Å². The largest absolute Gasteiger partial charge is 0.330 e. The predicted molar refractivity (Wildman–Crippen MR) is 122 cm³/mol. The van der Waals surface area contributed by atoms with Crippen molar-refractivity contribution in [3.8, 4) is 0 Å². The van der Waals surface area contributed by atoms with Crippen LogP contribution < -0.4 is 11.1 Å². The van der Waals surface area contributed by atoms with E-state index in [1.807, 2.05) is 36.4 Å². The Balaban J connectivity index is 1.77. The van der Waals surface area contributed by atoms with Gasteiger partial charge in [-0.1, -0.05) is 48.5 Å². The first-order valence-corrected chi connectivity index (χ1v) is 11.3. The number of sulfone groups is 1. The molecule has 0 aliphatic rings. The molecule has 31 heavy (non-hydrogen) atoms. The number of H-pyrrole nitrogens is 1. The summed E-state index contributed by atoms with van der Waals surface area (Å²) in [6.07, 6.45) is 1.63. The van der Waals surface area contributed by atoms with Gasteiger partial charge in [-0.2, -0.15) is 5.10 Å². The summed E-state index contributed by atoms with van der Waals surface area (Å²) in [5, 5.41) is 10.9. The van der Waals surface area contributed by atoms with Gasteiger partial charge in [0.2, 0.25) is 15.7 Å². The van der Waals surface area contributed by atoms with Crippen LogP contribution in [0.2, 0.25) is 0 Å². The molecular weight excluding hydrogens is 412 g/mol. The molecule has 1 amide bonds. The second-order valence-corrected chi connectivity index (χ2v) is 9.15. The quantitative estimate of drug-likeness (QED) is 0.383. The minimum absolute atomic E-state index is 0.0140. The summed E-state index contributed by atoms with van der Waals surface area (Å²) in [6, 6.07) is 18.1. The second kappa shape index (κ2) is 8.33. The number of fused-ring (bicyclic) bond motifs is 2. The number of amides is 1. The third-order valence-corrected chi connectivity index (χ3v) is 7.13. The molecule has 0 spiro atoms. The Labute approximate surface area is 179 Å². The normalized spacial score (nSPS) is 12.7. The molecule has 4 aromatic rings. The molecule has 0 bridgehead atoms. The van der Waals surface area contributed by atoms with Crippen LogP contribution in [-0.2, 0) is 14.6 Å². The first-order valence-electron chi connectivity index (χ1n) is 9.78. The Morgan fingerprint density at radius 2 is 1.90 bits per heavy atom. The zero-order chi connectivity index (χ0) is 22.0. The molecule has 0 aliphatic heterocycles. The summed E-state index contributed by atoms with van der Waals surface area (Å²) in [6.45, 7) is 4.04. The highest BCUT2D eigenvalue weighted by Crippen LogP contribution is 2.36. The van der Waals surface area contributed by atoms with Gasteiger partial charge in [0.1, 0.15) is 5.25 Å². The van der Waals surface area contributed by atoms with Gasteiger partial charge < -0.3 is 11.1 Å². The van der Waals surface area contributed by atoms with Crippen molar-refractivity contribution >= 4 is 43.1 Å². The Kier molecular flexibility index (Phi) is 5.58. The van der Waals surface area contributed by atoms with Gasteiger partial charge in [0.25, 0.3) is 0 Å². The molecule has 4 rings (SSSR count). The zero-order valence-corrected chi connectivity index (χ0v) is 17.5. The van der Waals surface area contributed by atoms with Crippen molar-refractivity contribution in [2.75, 3.05) is 11.9 Å². The number of benzene rings is 3. The van der Waals surface area contributed by atoms with Gasteiger partial charge in [-0.15, -0.1) is 6.58 Å². The maximum Gasteiger partial charge on any atom is 0.225 e. The van der Waals surface area contributed by atoms with Crippen LogP contribution in [0.4, 0.5) is 5.69 Å². The lowest BCUT2D eigenvalue weighted by atomic mass is 10.0. The average molecular weight is 435 g/mol. The summed E-state index contributed by atoms with van der Waals surface area (Å²) in [5.41, 5.74) is 7.01. The van der Waals surface area contributed by atoms with Crippen LogP contribution in [0, 0.1) is 0 Å². The highest BCUT2D eigenvalue weighted by molar-refractivity contribution is 7.92. The molecule has 0 radical (unpaired) electrons. The molecule has 0 saturated heterocycles. The number of hydrogen-bond acceptors (Lipinski definition) is 5. The highest BCUT2D eigenvalue weighted by atomic mass is 32.2. The molecular formula is C23H22N4O3S. The lowest BCUT2D eigenvalue weighted by molar-refractivity contribution is -0.116. The van der Waals surface area contributed by atoms with Crippen molar-refractivity contribution in [3.63, 3.8) is 0 Å². The number of carbonyl (C=O) groups excluding carboxylic acids is 1. The minimum Gasteiger partial charge on any atom is -0.330 e. The first kappa shape index (κ1) is 20.8. The van der Waals surface area contributed by atoms with E-state index >= 15 is 0 Å². The summed E-state index contributed by atoms with van der Waals surface area (Å²) in [7, 11) is -3.86. The van der Waals surface area contributed by atoms with E-state index in [0.717, 1.165) is 10.8 Å². The molecule has 1 unspecified atom stereocenters. The second-order valence-electron chi connectivity index (χ2n) is 7.14. The highest BCUT2D eigenvalue weighted by Gasteiger charge is 2.31. The molecule has 7 nitrogen and oxygen atoms in total. The first-order chi connectivity index (χ1) is 15.0. The minimum atomic E-state index is -3.86. The average Bonchev–Trinajstić information content (AvgIpc) is 3.18. The van der Waals surface area contributed by atoms with Crippen LogP contribution in [0.25, 0.3) is 21.7 Å². The van der Waals surface area contributed by atoms with Gasteiger partial charge in [-0.05, 0) is 34.5 Å².